The fraction of sp³-hybridized carbons (Fsp3) is 0.321. The zero-order valence-electron chi connectivity index (χ0n) is 21.7. The average molecular weight is 554 g/mol. The van der Waals surface area contributed by atoms with E-state index in [1.54, 1.807) is 18.3 Å². The number of benzene rings is 1. The molecule has 8 nitrogen and oxygen atoms in total. The lowest BCUT2D eigenvalue weighted by molar-refractivity contribution is -0.147. The third kappa shape index (κ3) is 5.00. The van der Waals surface area contributed by atoms with E-state index in [9.17, 15) is 18.0 Å². The number of fused-ring (bicyclic) bond motifs is 1. The van der Waals surface area contributed by atoms with Crippen LogP contribution < -0.4 is 10.3 Å². The number of pyridine rings is 2. The minimum Gasteiger partial charge on any atom is -0.481 e. The number of halogens is 4. The molecule has 1 aromatic carbocycles. The first kappa shape index (κ1) is 27.2. The van der Waals surface area contributed by atoms with Crippen LogP contribution in [0.1, 0.15) is 54.4 Å². The van der Waals surface area contributed by atoms with E-state index in [0.29, 0.717) is 29.0 Å². The number of nitriles is 1. The number of rotatable bonds is 4. The number of ether oxygens (including phenoxy) is 2. The van der Waals surface area contributed by atoms with Gasteiger partial charge in [-0.15, -0.1) is 0 Å². The molecular weight excluding hydrogens is 530 g/mol. The molecule has 0 N–H and O–H groups in total. The average Bonchev–Trinajstić information content (AvgIpc) is 2.93. The van der Waals surface area contributed by atoms with Gasteiger partial charge in [-0.3, -0.25) is 14.3 Å². The topological polar surface area (TPSA) is 103 Å². The van der Waals surface area contributed by atoms with Crippen LogP contribution in [-0.4, -0.2) is 32.7 Å². The molecule has 206 valence electrons. The van der Waals surface area contributed by atoms with Crippen molar-refractivity contribution < 1.29 is 27.0 Å². The van der Waals surface area contributed by atoms with Crippen LogP contribution in [0, 0.1) is 17.1 Å². The molecule has 0 radical (unpaired) electrons. The second-order valence-electron chi connectivity index (χ2n) is 9.63. The number of hydrogen-bond donors (Lipinski definition) is 0. The molecule has 0 aliphatic carbocycles. The summed E-state index contributed by atoms with van der Waals surface area (Å²) in [5, 5.41) is 9.02. The third-order valence-corrected chi connectivity index (χ3v) is 6.96. The highest BCUT2D eigenvalue weighted by Crippen LogP contribution is 2.42. The van der Waals surface area contributed by atoms with E-state index in [0.717, 1.165) is 18.7 Å². The van der Waals surface area contributed by atoms with E-state index in [1.807, 2.05) is 13.0 Å². The number of nitrogens with zero attached hydrogens (tertiary/aromatic N) is 5. The van der Waals surface area contributed by atoms with Crippen molar-refractivity contribution in [2.75, 3.05) is 7.11 Å². The highest BCUT2D eigenvalue weighted by Gasteiger charge is 2.38. The smallest absolute Gasteiger partial charge is 0.449 e. The Labute approximate surface area is 225 Å². The van der Waals surface area contributed by atoms with Gasteiger partial charge in [0.05, 0.1) is 42.0 Å². The Hall–Kier alpha value is -4.37. The predicted octanol–water partition coefficient (Wildman–Crippen LogP) is 5.45. The summed E-state index contributed by atoms with van der Waals surface area (Å²) < 4.78 is 68.3. The molecule has 1 aliphatic heterocycles. The van der Waals surface area contributed by atoms with Crippen LogP contribution in [0.3, 0.4) is 0 Å². The number of hydrogen-bond acceptors (Lipinski definition) is 7. The first-order valence-corrected chi connectivity index (χ1v) is 12.3. The molecular formula is C28H23F4N5O3. The van der Waals surface area contributed by atoms with E-state index in [2.05, 4.69) is 15.0 Å². The van der Waals surface area contributed by atoms with Crippen molar-refractivity contribution in [2.24, 2.45) is 7.05 Å². The summed E-state index contributed by atoms with van der Waals surface area (Å²) in [6.45, 7) is 1.88. The number of alkyl halides is 3. The molecule has 1 saturated heterocycles. The van der Waals surface area contributed by atoms with Gasteiger partial charge in [-0.25, -0.2) is 14.4 Å². The van der Waals surface area contributed by atoms with Gasteiger partial charge in [0.15, 0.2) is 0 Å². The van der Waals surface area contributed by atoms with Gasteiger partial charge in [0, 0.05) is 36.5 Å². The zero-order chi connectivity index (χ0) is 28.8. The fourth-order valence-electron chi connectivity index (χ4n) is 5.06. The largest absolute Gasteiger partial charge is 0.481 e. The molecule has 5 rings (SSSR count). The van der Waals surface area contributed by atoms with Crippen molar-refractivity contribution in [3.8, 4) is 23.2 Å². The lowest BCUT2D eigenvalue weighted by Gasteiger charge is -2.34. The monoisotopic (exact) mass is 553 g/mol. The van der Waals surface area contributed by atoms with E-state index in [-0.39, 0.29) is 45.8 Å². The van der Waals surface area contributed by atoms with Crippen molar-refractivity contribution in [3.05, 3.63) is 81.4 Å². The summed E-state index contributed by atoms with van der Waals surface area (Å²) in [4.78, 5) is 25.7. The molecule has 0 spiro atoms. The van der Waals surface area contributed by atoms with E-state index >= 15 is 4.39 Å². The van der Waals surface area contributed by atoms with Crippen LogP contribution in [-0.2, 0) is 18.0 Å². The normalized spacial score (nSPS) is 19.4. The second kappa shape index (κ2) is 10.3. The van der Waals surface area contributed by atoms with Crippen LogP contribution in [0.2, 0.25) is 0 Å². The predicted molar refractivity (Wildman–Crippen MR) is 136 cm³/mol. The number of aromatic nitrogens is 4. The Kier molecular flexibility index (Phi) is 7.01. The van der Waals surface area contributed by atoms with Gasteiger partial charge < -0.3 is 9.47 Å². The maximum atomic E-state index is 15.2. The van der Waals surface area contributed by atoms with Gasteiger partial charge in [0.2, 0.25) is 11.7 Å². The Morgan fingerprint density at radius 3 is 2.60 bits per heavy atom. The summed E-state index contributed by atoms with van der Waals surface area (Å²) in [7, 11) is 2.49. The lowest BCUT2D eigenvalue weighted by Crippen LogP contribution is -2.29. The van der Waals surface area contributed by atoms with Crippen molar-refractivity contribution in [1.82, 2.24) is 19.5 Å². The molecule has 3 aromatic heterocycles. The van der Waals surface area contributed by atoms with Crippen molar-refractivity contribution in [2.45, 2.75) is 44.1 Å². The molecule has 0 bridgehead atoms. The highest BCUT2D eigenvalue weighted by molar-refractivity contribution is 5.91. The Morgan fingerprint density at radius 1 is 1.15 bits per heavy atom. The van der Waals surface area contributed by atoms with Crippen LogP contribution in [0.15, 0.2) is 47.4 Å². The van der Waals surface area contributed by atoms with E-state index < -0.39 is 23.4 Å². The van der Waals surface area contributed by atoms with Crippen LogP contribution >= 0.6 is 0 Å². The molecule has 1 aliphatic rings. The minimum atomic E-state index is -4.93. The molecule has 0 saturated carbocycles. The van der Waals surface area contributed by atoms with Crippen LogP contribution in [0.5, 0.6) is 5.88 Å². The summed E-state index contributed by atoms with van der Waals surface area (Å²) in [6.07, 6.45) is -3.02. The van der Waals surface area contributed by atoms with Gasteiger partial charge >= 0.3 is 6.18 Å². The Balaban J connectivity index is 1.71. The van der Waals surface area contributed by atoms with Gasteiger partial charge in [-0.05, 0) is 55.7 Å². The molecule has 0 amide bonds. The van der Waals surface area contributed by atoms with Gasteiger partial charge in [-0.1, -0.05) is 0 Å². The molecule has 3 atom stereocenters. The standard InChI is InChI=1S/C28H23F4N5O3/c1-14-8-17(10-22(40-14)16-6-7-34-23(11-16)39-3)21-12-19-25(36-27(28(30,31)32)37(2)26(19)38)24(35-21)18-5-4-15(13-33)9-20(18)29/h4-7,9,11-12,14,17,22H,8,10H2,1-3H3/t14-,17+,22-/m0/s1. The van der Waals surface area contributed by atoms with Crippen LogP contribution in [0.25, 0.3) is 22.2 Å². The fourth-order valence-corrected chi connectivity index (χ4v) is 5.06. The summed E-state index contributed by atoms with van der Waals surface area (Å²) >= 11 is 0. The SMILES string of the molecule is COc1cc([C@@H]2C[C@H](c3cc4c(=O)n(C)c(C(F)(F)F)nc4c(-c4ccc(C#N)cc4F)n3)C[C@H](C)O2)ccn1. The van der Waals surface area contributed by atoms with Gasteiger partial charge in [0.25, 0.3) is 5.56 Å². The van der Waals surface area contributed by atoms with Crippen molar-refractivity contribution in [3.63, 3.8) is 0 Å². The maximum Gasteiger partial charge on any atom is 0.449 e. The molecule has 12 heteroatoms. The Bertz CT molecular complexity index is 1710. The van der Waals surface area contributed by atoms with Crippen molar-refractivity contribution >= 4 is 10.9 Å². The molecule has 40 heavy (non-hydrogen) atoms. The summed E-state index contributed by atoms with van der Waals surface area (Å²) in [5.74, 6) is -2.18. The first-order chi connectivity index (χ1) is 19.0. The Morgan fingerprint density at radius 2 is 1.93 bits per heavy atom. The van der Waals surface area contributed by atoms with Crippen molar-refractivity contribution in [1.29, 1.82) is 5.26 Å². The zero-order valence-corrected chi connectivity index (χ0v) is 21.7. The maximum absolute atomic E-state index is 15.2. The van der Waals surface area contributed by atoms with Gasteiger partial charge in [0.1, 0.15) is 11.3 Å². The van der Waals surface area contributed by atoms with E-state index in [1.165, 1.54) is 25.3 Å². The summed E-state index contributed by atoms with van der Waals surface area (Å²) in [6, 6.07) is 10.3. The molecule has 4 heterocycles. The van der Waals surface area contributed by atoms with E-state index in [4.69, 9.17) is 14.7 Å². The lowest BCUT2D eigenvalue weighted by atomic mass is 9.86. The minimum absolute atomic E-state index is 0.0236. The molecule has 1 fully saturated rings. The molecule has 0 unspecified atom stereocenters. The van der Waals surface area contributed by atoms with Gasteiger partial charge in [-0.2, -0.15) is 18.4 Å². The quantitative estimate of drug-likeness (QED) is 0.310. The number of methoxy groups -OCH3 is 1. The van der Waals surface area contributed by atoms with Crippen LogP contribution in [0.4, 0.5) is 17.6 Å². The third-order valence-electron chi connectivity index (χ3n) is 6.96. The summed E-state index contributed by atoms with van der Waals surface area (Å²) in [5.41, 5.74) is -0.462. The molecule has 4 aromatic rings. The first-order valence-electron chi connectivity index (χ1n) is 12.3. The second-order valence-corrected chi connectivity index (χ2v) is 9.63. The highest BCUT2D eigenvalue weighted by atomic mass is 19.4.